The molecule has 1 amide bonds. The molecule has 0 unspecified atom stereocenters. The Morgan fingerprint density at radius 2 is 2.00 bits per heavy atom. The molecule has 0 atom stereocenters. The van der Waals surface area contributed by atoms with Gasteiger partial charge >= 0.3 is 0 Å². The van der Waals surface area contributed by atoms with Crippen molar-refractivity contribution in [3.63, 3.8) is 0 Å². The zero-order chi connectivity index (χ0) is 16.1. The van der Waals surface area contributed by atoms with Crippen LogP contribution in [0.2, 0.25) is 0 Å². The molecule has 0 aliphatic carbocycles. The van der Waals surface area contributed by atoms with Gasteiger partial charge in [-0.15, -0.1) is 0 Å². The smallest absolute Gasteiger partial charge is 0.262 e. The molecule has 1 N–H and O–H groups in total. The summed E-state index contributed by atoms with van der Waals surface area (Å²) in [7, 11) is 0. The van der Waals surface area contributed by atoms with Gasteiger partial charge in [-0.1, -0.05) is 12.1 Å². The molecule has 2 aromatic rings. The molecule has 1 aromatic heterocycles. The van der Waals surface area contributed by atoms with E-state index in [1.807, 2.05) is 31.2 Å². The van der Waals surface area contributed by atoms with Crippen molar-refractivity contribution in [2.24, 2.45) is 0 Å². The molecule has 1 fully saturated rings. The predicted molar refractivity (Wildman–Crippen MR) is 88.8 cm³/mol. The second kappa shape index (κ2) is 7.09. The lowest BCUT2D eigenvalue weighted by molar-refractivity contribution is -0.118. The second-order valence-corrected chi connectivity index (χ2v) is 5.62. The average Bonchev–Trinajstić information content (AvgIpc) is 3.08. The second-order valence-electron chi connectivity index (χ2n) is 5.62. The Labute approximate surface area is 135 Å². The Balaban J connectivity index is 1.51. The van der Waals surface area contributed by atoms with Crippen molar-refractivity contribution in [3.8, 4) is 5.75 Å². The lowest BCUT2D eigenvalue weighted by Crippen LogP contribution is -2.22. The van der Waals surface area contributed by atoms with Gasteiger partial charge in [0.2, 0.25) is 5.95 Å². The molecule has 0 saturated carbocycles. The first-order valence-corrected chi connectivity index (χ1v) is 7.77. The lowest BCUT2D eigenvalue weighted by atomic mass is 10.2. The van der Waals surface area contributed by atoms with Gasteiger partial charge in [0.15, 0.2) is 6.61 Å². The molecule has 1 saturated heterocycles. The summed E-state index contributed by atoms with van der Waals surface area (Å²) < 4.78 is 5.46. The topological polar surface area (TPSA) is 67.3 Å². The number of carbonyl (C=O) groups excluding carboxylic acids is 1. The molecule has 0 spiro atoms. The summed E-state index contributed by atoms with van der Waals surface area (Å²) in [6.07, 6.45) is 5.62. The highest BCUT2D eigenvalue weighted by atomic mass is 16.5. The molecule has 3 rings (SSSR count). The molecule has 0 radical (unpaired) electrons. The fraction of sp³-hybridized carbons (Fsp3) is 0.353. The van der Waals surface area contributed by atoms with E-state index in [1.165, 1.54) is 12.8 Å². The number of benzene rings is 1. The minimum atomic E-state index is -0.232. The number of anilines is 2. The van der Waals surface area contributed by atoms with Crippen LogP contribution in [0.3, 0.4) is 0 Å². The highest BCUT2D eigenvalue weighted by Gasteiger charge is 2.14. The van der Waals surface area contributed by atoms with Gasteiger partial charge in [-0.05, 0) is 37.5 Å². The largest absolute Gasteiger partial charge is 0.484 e. The summed E-state index contributed by atoms with van der Waals surface area (Å²) in [6.45, 7) is 3.93. The third-order valence-corrected chi connectivity index (χ3v) is 3.67. The molecule has 1 aliphatic heterocycles. The van der Waals surface area contributed by atoms with Crippen molar-refractivity contribution in [2.75, 3.05) is 29.9 Å². The first kappa shape index (κ1) is 15.3. The number of carbonyl (C=O) groups is 1. The van der Waals surface area contributed by atoms with Crippen LogP contribution in [0.5, 0.6) is 5.75 Å². The van der Waals surface area contributed by atoms with E-state index in [2.05, 4.69) is 20.2 Å². The van der Waals surface area contributed by atoms with Crippen LogP contribution in [-0.2, 0) is 4.79 Å². The molecule has 120 valence electrons. The van der Waals surface area contributed by atoms with Gasteiger partial charge in [-0.2, -0.15) is 0 Å². The standard InChI is InChI=1S/C17H20N4O2/c1-13-5-4-6-15(9-13)23-12-16(22)20-14-10-18-17(19-11-14)21-7-2-3-8-21/h4-6,9-11H,2-3,7-8,12H2,1H3,(H,20,22). The van der Waals surface area contributed by atoms with Crippen LogP contribution in [0, 0.1) is 6.92 Å². The summed E-state index contributed by atoms with van der Waals surface area (Å²) in [5.41, 5.74) is 1.67. The molecule has 6 nitrogen and oxygen atoms in total. The number of ether oxygens (including phenoxy) is 1. The SMILES string of the molecule is Cc1cccc(OCC(=O)Nc2cnc(N3CCCC3)nc2)c1. The Kier molecular flexibility index (Phi) is 4.71. The van der Waals surface area contributed by atoms with Crippen LogP contribution in [0.1, 0.15) is 18.4 Å². The van der Waals surface area contributed by atoms with E-state index >= 15 is 0 Å². The molecule has 1 aromatic carbocycles. The Bertz CT molecular complexity index is 667. The van der Waals surface area contributed by atoms with Crippen LogP contribution in [0.25, 0.3) is 0 Å². The Morgan fingerprint density at radius 1 is 1.26 bits per heavy atom. The summed E-state index contributed by atoms with van der Waals surface area (Å²) in [5, 5.41) is 2.74. The van der Waals surface area contributed by atoms with Crippen molar-refractivity contribution in [2.45, 2.75) is 19.8 Å². The summed E-state index contributed by atoms with van der Waals surface area (Å²) in [4.78, 5) is 22.7. The molecular weight excluding hydrogens is 292 g/mol. The quantitative estimate of drug-likeness (QED) is 0.918. The summed E-state index contributed by atoms with van der Waals surface area (Å²) >= 11 is 0. The van der Waals surface area contributed by atoms with E-state index in [-0.39, 0.29) is 12.5 Å². The van der Waals surface area contributed by atoms with Crippen LogP contribution >= 0.6 is 0 Å². The Morgan fingerprint density at radius 3 is 2.70 bits per heavy atom. The van der Waals surface area contributed by atoms with Crippen molar-refractivity contribution in [1.29, 1.82) is 0 Å². The molecule has 2 heterocycles. The maximum absolute atomic E-state index is 11.9. The van der Waals surface area contributed by atoms with Crippen LogP contribution in [-0.4, -0.2) is 35.6 Å². The van der Waals surface area contributed by atoms with E-state index in [9.17, 15) is 4.79 Å². The number of nitrogens with zero attached hydrogens (tertiary/aromatic N) is 3. The van der Waals surface area contributed by atoms with Crippen molar-refractivity contribution >= 4 is 17.5 Å². The van der Waals surface area contributed by atoms with E-state index in [0.717, 1.165) is 24.6 Å². The number of nitrogens with one attached hydrogen (secondary N) is 1. The maximum Gasteiger partial charge on any atom is 0.262 e. The fourth-order valence-corrected chi connectivity index (χ4v) is 2.52. The maximum atomic E-state index is 11.9. The van der Waals surface area contributed by atoms with Gasteiger partial charge in [-0.25, -0.2) is 9.97 Å². The minimum Gasteiger partial charge on any atom is -0.484 e. The van der Waals surface area contributed by atoms with Crippen LogP contribution in [0.15, 0.2) is 36.7 Å². The highest BCUT2D eigenvalue weighted by molar-refractivity contribution is 5.91. The van der Waals surface area contributed by atoms with Gasteiger partial charge < -0.3 is 15.0 Å². The zero-order valence-electron chi connectivity index (χ0n) is 13.2. The highest BCUT2D eigenvalue weighted by Crippen LogP contribution is 2.16. The summed E-state index contributed by atoms with van der Waals surface area (Å²) in [5.74, 6) is 1.17. The van der Waals surface area contributed by atoms with Gasteiger partial charge in [0, 0.05) is 13.1 Å². The molecule has 23 heavy (non-hydrogen) atoms. The molecular formula is C17H20N4O2. The first-order valence-electron chi connectivity index (χ1n) is 7.77. The van der Waals surface area contributed by atoms with Crippen LogP contribution in [0.4, 0.5) is 11.6 Å². The molecule has 1 aliphatic rings. The Hall–Kier alpha value is -2.63. The van der Waals surface area contributed by atoms with Gasteiger partial charge in [0.1, 0.15) is 5.75 Å². The normalized spacial score (nSPS) is 13.9. The number of hydrogen-bond acceptors (Lipinski definition) is 5. The van der Waals surface area contributed by atoms with Gasteiger partial charge in [-0.3, -0.25) is 4.79 Å². The van der Waals surface area contributed by atoms with E-state index in [1.54, 1.807) is 12.4 Å². The number of aryl methyl sites for hydroxylation is 1. The number of hydrogen-bond donors (Lipinski definition) is 1. The molecule has 0 bridgehead atoms. The third-order valence-electron chi connectivity index (χ3n) is 3.67. The van der Waals surface area contributed by atoms with E-state index in [4.69, 9.17) is 4.74 Å². The fourth-order valence-electron chi connectivity index (χ4n) is 2.52. The van der Waals surface area contributed by atoms with Crippen molar-refractivity contribution < 1.29 is 9.53 Å². The lowest BCUT2D eigenvalue weighted by Gasteiger charge is -2.14. The predicted octanol–water partition coefficient (Wildman–Crippen LogP) is 2.40. The number of amides is 1. The van der Waals surface area contributed by atoms with Crippen molar-refractivity contribution in [3.05, 3.63) is 42.2 Å². The zero-order valence-corrected chi connectivity index (χ0v) is 13.2. The molecule has 6 heteroatoms. The monoisotopic (exact) mass is 312 g/mol. The van der Waals surface area contributed by atoms with Crippen LogP contribution < -0.4 is 15.0 Å². The minimum absolute atomic E-state index is 0.0443. The van der Waals surface area contributed by atoms with Gasteiger partial charge in [0.05, 0.1) is 18.1 Å². The number of rotatable bonds is 5. The number of aromatic nitrogens is 2. The van der Waals surface area contributed by atoms with Gasteiger partial charge in [0.25, 0.3) is 5.91 Å². The van der Waals surface area contributed by atoms with E-state index < -0.39 is 0 Å². The van der Waals surface area contributed by atoms with E-state index in [0.29, 0.717) is 11.4 Å². The first-order chi connectivity index (χ1) is 11.2. The third kappa shape index (κ3) is 4.18. The van der Waals surface area contributed by atoms with Crippen molar-refractivity contribution in [1.82, 2.24) is 9.97 Å². The summed E-state index contributed by atoms with van der Waals surface area (Å²) in [6, 6.07) is 7.59. The average molecular weight is 312 g/mol.